The Morgan fingerprint density at radius 1 is 1.00 bits per heavy atom. The molecule has 31 heavy (non-hydrogen) atoms. The van der Waals surface area contributed by atoms with Crippen LogP contribution in [0.25, 0.3) is 10.8 Å². The van der Waals surface area contributed by atoms with Gasteiger partial charge in [0.15, 0.2) is 24.7 Å². The summed E-state index contributed by atoms with van der Waals surface area (Å²) >= 11 is 0. The van der Waals surface area contributed by atoms with E-state index in [1.807, 2.05) is 49.4 Å². The first-order valence-corrected chi connectivity index (χ1v) is 9.70. The van der Waals surface area contributed by atoms with Crippen molar-refractivity contribution in [1.82, 2.24) is 5.32 Å². The van der Waals surface area contributed by atoms with E-state index in [-0.39, 0.29) is 6.04 Å². The van der Waals surface area contributed by atoms with Gasteiger partial charge < -0.3 is 19.5 Å². The monoisotopic (exact) mass is 421 g/mol. The van der Waals surface area contributed by atoms with Gasteiger partial charge in [-0.15, -0.1) is 0 Å². The van der Waals surface area contributed by atoms with Gasteiger partial charge in [-0.1, -0.05) is 42.5 Å². The maximum atomic E-state index is 12.2. The number of hydrogen-bond donors (Lipinski definition) is 1. The molecule has 0 radical (unpaired) electrons. The van der Waals surface area contributed by atoms with Crippen molar-refractivity contribution in [2.45, 2.75) is 13.0 Å². The minimum absolute atomic E-state index is 0.255. The normalized spacial score (nSPS) is 11.4. The summed E-state index contributed by atoms with van der Waals surface area (Å²) in [5, 5.41) is 4.98. The van der Waals surface area contributed by atoms with Gasteiger partial charge in [-0.25, -0.2) is 4.79 Å². The third-order valence-corrected chi connectivity index (χ3v) is 4.70. The van der Waals surface area contributed by atoms with Crippen LogP contribution in [0.5, 0.6) is 11.5 Å². The second-order valence-electron chi connectivity index (χ2n) is 6.84. The number of ether oxygens (including phenoxy) is 3. The summed E-state index contributed by atoms with van der Waals surface area (Å²) < 4.78 is 15.5. The predicted molar refractivity (Wildman–Crippen MR) is 115 cm³/mol. The molecule has 7 nitrogen and oxygen atoms in total. The smallest absolute Gasteiger partial charge is 0.344 e. The third-order valence-electron chi connectivity index (χ3n) is 4.70. The number of rotatable bonds is 9. The van der Waals surface area contributed by atoms with Gasteiger partial charge in [0.05, 0.1) is 13.2 Å². The summed E-state index contributed by atoms with van der Waals surface area (Å²) in [6.45, 7) is 1.06. The van der Waals surface area contributed by atoms with Crippen LogP contribution >= 0.6 is 0 Å². The molecule has 0 unspecified atom stereocenters. The highest BCUT2D eigenvalue weighted by atomic mass is 16.6. The minimum atomic E-state index is -0.700. The van der Waals surface area contributed by atoms with Crippen LogP contribution in [0, 0.1) is 0 Å². The van der Waals surface area contributed by atoms with Gasteiger partial charge in [0.1, 0.15) is 6.29 Å². The minimum Gasteiger partial charge on any atom is -0.493 e. The van der Waals surface area contributed by atoms with E-state index >= 15 is 0 Å². The first kappa shape index (κ1) is 21.8. The number of esters is 1. The molecule has 0 saturated carbocycles. The Hall–Kier alpha value is -3.87. The van der Waals surface area contributed by atoms with E-state index in [0.29, 0.717) is 23.3 Å². The number of benzene rings is 3. The van der Waals surface area contributed by atoms with Crippen molar-refractivity contribution in [2.24, 2.45) is 0 Å². The van der Waals surface area contributed by atoms with Crippen LogP contribution in [0.15, 0.2) is 60.7 Å². The Labute approximate surface area is 179 Å². The van der Waals surface area contributed by atoms with Crippen molar-refractivity contribution < 1.29 is 28.6 Å². The van der Waals surface area contributed by atoms with Crippen molar-refractivity contribution in [3.05, 3.63) is 71.8 Å². The number of methoxy groups -OCH3 is 1. The lowest BCUT2D eigenvalue weighted by Crippen LogP contribution is -2.32. The third kappa shape index (κ3) is 5.60. The summed E-state index contributed by atoms with van der Waals surface area (Å²) in [5.41, 5.74) is 1.40. The number of carbonyl (C=O) groups is 3. The Morgan fingerprint density at radius 3 is 2.55 bits per heavy atom. The van der Waals surface area contributed by atoms with Crippen LogP contribution in [0.1, 0.15) is 28.9 Å². The first-order valence-electron chi connectivity index (χ1n) is 9.70. The molecule has 3 rings (SSSR count). The molecular formula is C24H23NO6. The van der Waals surface area contributed by atoms with Crippen LogP contribution in [0.2, 0.25) is 0 Å². The molecule has 160 valence electrons. The lowest BCUT2D eigenvalue weighted by molar-refractivity contribution is -0.150. The average molecular weight is 421 g/mol. The molecule has 0 fully saturated rings. The molecule has 0 aliphatic rings. The van der Waals surface area contributed by atoms with Gasteiger partial charge in [-0.2, -0.15) is 0 Å². The number of hydrogen-bond acceptors (Lipinski definition) is 6. The van der Waals surface area contributed by atoms with E-state index in [9.17, 15) is 14.4 Å². The van der Waals surface area contributed by atoms with Crippen molar-refractivity contribution >= 4 is 28.9 Å². The zero-order chi connectivity index (χ0) is 22.2. The Kier molecular flexibility index (Phi) is 7.22. The van der Waals surface area contributed by atoms with Crippen LogP contribution in [0.3, 0.4) is 0 Å². The summed E-state index contributed by atoms with van der Waals surface area (Å²) in [5.74, 6) is -0.505. The Morgan fingerprint density at radius 2 is 1.77 bits per heavy atom. The second kappa shape index (κ2) is 10.2. The van der Waals surface area contributed by atoms with Gasteiger partial charge in [0.2, 0.25) is 0 Å². The fourth-order valence-corrected chi connectivity index (χ4v) is 3.19. The maximum Gasteiger partial charge on any atom is 0.344 e. The summed E-state index contributed by atoms with van der Waals surface area (Å²) in [7, 11) is 1.43. The van der Waals surface area contributed by atoms with Gasteiger partial charge >= 0.3 is 5.97 Å². The fourth-order valence-electron chi connectivity index (χ4n) is 3.19. The van der Waals surface area contributed by atoms with Gasteiger partial charge in [-0.05, 0) is 41.5 Å². The summed E-state index contributed by atoms with van der Waals surface area (Å²) in [6, 6.07) is 18.1. The van der Waals surface area contributed by atoms with E-state index in [2.05, 4.69) is 5.32 Å². The largest absolute Gasteiger partial charge is 0.493 e. The molecule has 0 bridgehead atoms. The lowest BCUT2D eigenvalue weighted by Gasteiger charge is -2.17. The molecular weight excluding hydrogens is 398 g/mol. The van der Waals surface area contributed by atoms with Gasteiger partial charge in [0, 0.05) is 5.56 Å². The summed E-state index contributed by atoms with van der Waals surface area (Å²) in [6.07, 6.45) is 0.679. The topological polar surface area (TPSA) is 90.9 Å². The zero-order valence-corrected chi connectivity index (χ0v) is 17.3. The average Bonchev–Trinajstić information content (AvgIpc) is 2.80. The van der Waals surface area contributed by atoms with Crippen LogP contribution in [-0.2, 0) is 14.3 Å². The SMILES string of the molecule is COc1cc(C=O)ccc1OCC(=O)OCC(=O)N[C@H](C)c1cccc2ccccc12. The summed E-state index contributed by atoms with van der Waals surface area (Å²) in [4.78, 5) is 35.0. The second-order valence-corrected chi connectivity index (χ2v) is 6.84. The molecule has 1 atom stereocenters. The molecule has 3 aromatic rings. The molecule has 7 heteroatoms. The van der Waals surface area contributed by atoms with Crippen LogP contribution < -0.4 is 14.8 Å². The quantitative estimate of drug-likeness (QED) is 0.420. The number of nitrogens with one attached hydrogen (secondary N) is 1. The maximum absolute atomic E-state index is 12.2. The lowest BCUT2D eigenvalue weighted by atomic mass is 10.00. The zero-order valence-electron chi connectivity index (χ0n) is 17.3. The molecule has 3 aromatic carbocycles. The molecule has 0 heterocycles. The van der Waals surface area contributed by atoms with Gasteiger partial charge in [-0.3, -0.25) is 9.59 Å². The Balaban J connectivity index is 1.50. The highest BCUT2D eigenvalue weighted by molar-refractivity contribution is 5.87. The predicted octanol–water partition coefficient (Wildman–Crippen LogP) is 3.46. The standard InChI is InChI=1S/C24H23NO6/c1-16(19-9-5-7-18-6-3-4-8-20(18)19)25-23(27)14-31-24(28)15-30-21-11-10-17(13-26)12-22(21)29-2/h3-13,16H,14-15H2,1-2H3,(H,25,27)/t16-/m1/s1. The Bertz CT molecular complexity index is 1090. The molecule has 0 spiro atoms. The molecule has 1 N–H and O–H groups in total. The number of aldehydes is 1. The van der Waals surface area contributed by atoms with Crippen molar-refractivity contribution in [1.29, 1.82) is 0 Å². The van der Waals surface area contributed by atoms with Crippen LogP contribution in [-0.4, -0.2) is 38.5 Å². The number of amides is 1. The molecule has 0 aliphatic heterocycles. The van der Waals surface area contributed by atoms with E-state index in [1.165, 1.54) is 25.3 Å². The molecule has 0 aromatic heterocycles. The van der Waals surface area contributed by atoms with E-state index in [0.717, 1.165) is 16.3 Å². The fraction of sp³-hybridized carbons (Fsp3) is 0.208. The molecule has 0 aliphatic carbocycles. The highest BCUT2D eigenvalue weighted by Gasteiger charge is 2.15. The molecule has 1 amide bonds. The van der Waals surface area contributed by atoms with Crippen molar-refractivity contribution in [2.75, 3.05) is 20.3 Å². The van der Waals surface area contributed by atoms with Gasteiger partial charge in [0.25, 0.3) is 5.91 Å². The molecule has 0 saturated heterocycles. The van der Waals surface area contributed by atoms with Crippen molar-refractivity contribution in [3.8, 4) is 11.5 Å². The van der Waals surface area contributed by atoms with E-state index in [1.54, 1.807) is 0 Å². The van der Waals surface area contributed by atoms with Crippen LogP contribution in [0.4, 0.5) is 0 Å². The number of fused-ring (bicyclic) bond motifs is 1. The van der Waals surface area contributed by atoms with E-state index < -0.39 is 25.1 Å². The first-order chi connectivity index (χ1) is 15.0. The van der Waals surface area contributed by atoms with Crippen molar-refractivity contribution in [3.63, 3.8) is 0 Å². The number of carbonyl (C=O) groups excluding carboxylic acids is 3. The van der Waals surface area contributed by atoms with E-state index in [4.69, 9.17) is 14.2 Å². The highest BCUT2D eigenvalue weighted by Crippen LogP contribution is 2.27.